The van der Waals surface area contributed by atoms with Crippen LogP contribution in [0.1, 0.15) is 64.7 Å². The molecule has 1 atom stereocenters. The molecule has 0 spiro atoms. The van der Waals surface area contributed by atoms with Crippen molar-refractivity contribution in [1.29, 1.82) is 0 Å². The van der Waals surface area contributed by atoms with Crippen molar-refractivity contribution in [3.8, 4) is 0 Å². The fourth-order valence-corrected chi connectivity index (χ4v) is 3.39. The van der Waals surface area contributed by atoms with Gasteiger partial charge in [-0.2, -0.15) is 0 Å². The molecule has 0 saturated heterocycles. The number of aliphatic carboxylic acids is 2. The summed E-state index contributed by atoms with van der Waals surface area (Å²) in [6, 6.07) is 0. The molecule has 3 N–H and O–H groups in total. The molecule has 0 rings (SSSR count). The second-order valence-corrected chi connectivity index (χ2v) is 7.45. The van der Waals surface area contributed by atoms with Crippen molar-refractivity contribution in [2.75, 3.05) is 39.3 Å². The van der Waals surface area contributed by atoms with Crippen molar-refractivity contribution in [2.45, 2.75) is 64.7 Å². The summed E-state index contributed by atoms with van der Waals surface area (Å²) in [4.78, 5) is 33.4. The molecule has 168 valence electrons. The molecule has 0 aromatic carbocycles. The first-order valence-electron chi connectivity index (χ1n) is 10.6. The summed E-state index contributed by atoms with van der Waals surface area (Å²) >= 11 is 0. The van der Waals surface area contributed by atoms with Crippen molar-refractivity contribution in [2.24, 2.45) is 0 Å². The van der Waals surface area contributed by atoms with Crippen molar-refractivity contribution in [3.63, 3.8) is 0 Å². The van der Waals surface area contributed by atoms with E-state index in [1.54, 1.807) is 0 Å². The van der Waals surface area contributed by atoms with Crippen LogP contribution in [0.15, 0.2) is 12.2 Å². The van der Waals surface area contributed by atoms with E-state index in [2.05, 4.69) is 5.32 Å². The van der Waals surface area contributed by atoms with Crippen LogP contribution in [0.25, 0.3) is 0 Å². The van der Waals surface area contributed by atoms with E-state index in [1.165, 1.54) is 0 Å². The molecule has 0 heterocycles. The molecule has 0 fully saturated rings. The summed E-state index contributed by atoms with van der Waals surface area (Å²) in [7, 11) is 0. The third-order valence-electron chi connectivity index (χ3n) is 5.03. The Morgan fingerprint density at radius 1 is 0.933 bits per heavy atom. The zero-order valence-corrected chi connectivity index (χ0v) is 18.7. The van der Waals surface area contributed by atoms with Gasteiger partial charge in [-0.15, -0.1) is 0 Å². The number of hydrogen-bond donors (Lipinski definition) is 3. The third-order valence-corrected chi connectivity index (χ3v) is 5.03. The Hall–Kier alpha value is -1.33. The number of aliphatic hydroxyl groups is 1. The molecule has 0 aliphatic carbocycles. The maximum Gasteiger partial charge on any atom is 1.00 e. The fraction of sp³-hybridized carbons (Fsp3) is 0.762. The molecular formula is C21H38LiN2O6+. The van der Waals surface area contributed by atoms with Crippen LogP contribution in [0, 0.1) is 0 Å². The third kappa shape index (κ3) is 17.5. The maximum absolute atomic E-state index is 12.0. The zero-order chi connectivity index (χ0) is 22.0. The molecule has 1 unspecified atom stereocenters. The normalized spacial score (nSPS) is 12.9. The van der Waals surface area contributed by atoms with E-state index in [0.29, 0.717) is 69.3 Å². The summed E-state index contributed by atoms with van der Waals surface area (Å²) in [5.74, 6) is -1.90. The van der Waals surface area contributed by atoms with Crippen LogP contribution in [0.4, 0.5) is 0 Å². The number of carboxylic acid groups (broad SMARTS) is 2. The Morgan fingerprint density at radius 2 is 1.57 bits per heavy atom. The Morgan fingerprint density at radius 3 is 2.10 bits per heavy atom. The SMILES string of the molecule is C/C=C/CCCC(=O)NCC[N+](CCO)(CCCCC(=O)[O-])CCCCC(=O)O.[Li+]. The number of aliphatic hydroxyl groups excluding tert-OH is 1. The smallest absolute Gasteiger partial charge is 0.550 e. The predicted octanol–water partition coefficient (Wildman–Crippen LogP) is -2.16. The summed E-state index contributed by atoms with van der Waals surface area (Å²) in [6.45, 7) is 4.89. The Bertz CT molecular complexity index is 492. The predicted molar refractivity (Wildman–Crippen MR) is 109 cm³/mol. The first-order valence-corrected chi connectivity index (χ1v) is 10.6. The van der Waals surface area contributed by atoms with Gasteiger partial charge in [-0.25, -0.2) is 0 Å². The largest absolute Gasteiger partial charge is 1.00 e. The van der Waals surface area contributed by atoms with Gasteiger partial charge in [-0.1, -0.05) is 12.2 Å². The van der Waals surface area contributed by atoms with Gasteiger partial charge in [0.2, 0.25) is 5.91 Å². The first kappa shape index (κ1) is 30.9. The van der Waals surface area contributed by atoms with Gasteiger partial charge in [0.1, 0.15) is 6.54 Å². The number of amides is 1. The van der Waals surface area contributed by atoms with Crippen molar-refractivity contribution in [3.05, 3.63) is 12.2 Å². The van der Waals surface area contributed by atoms with Gasteiger partial charge in [0, 0.05) is 18.8 Å². The number of carbonyl (C=O) groups excluding carboxylic acids is 2. The van der Waals surface area contributed by atoms with Gasteiger partial charge in [-0.05, 0) is 51.9 Å². The molecule has 0 bridgehead atoms. The average molecular weight is 421 g/mol. The van der Waals surface area contributed by atoms with Crippen LogP contribution in [0.2, 0.25) is 0 Å². The summed E-state index contributed by atoms with van der Waals surface area (Å²) in [5.41, 5.74) is 0. The van der Waals surface area contributed by atoms with Crippen LogP contribution in [0.3, 0.4) is 0 Å². The number of carbonyl (C=O) groups is 3. The van der Waals surface area contributed by atoms with Crippen LogP contribution in [-0.2, 0) is 14.4 Å². The van der Waals surface area contributed by atoms with Crippen LogP contribution < -0.4 is 29.3 Å². The molecule has 8 nitrogen and oxygen atoms in total. The Labute approximate surface area is 192 Å². The minimum Gasteiger partial charge on any atom is -0.550 e. The zero-order valence-electron chi connectivity index (χ0n) is 18.7. The summed E-state index contributed by atoms with van der Waals surface area (Å²) in [6.07, 6.45) is 8.65. The van der Waals surface area contributed by atoms with Crippen molar-refractivity contribution in [1.82, 2.24) is 5.32 Å². The number of quaternary nitrogens is 1. The Balaban J connectivity index is 0. The number of nitrogens with one attached hydrogen (secondary N) is 1. The van der Waals surface area contributed by atoms with Gasteiger partial charge in [0.05, 0.1) is 32.8 Å². The molecule has 0 aromatic rings. The average Bonchev–Trinajstić information content (AvgIpc) is 2.66. The number of unbranched alkanes of at least 4 members (excludes halogenated alkanes) is 3. The van der Waals surface area contributed by atoms with E-state index in [0.717, 1.165) is 12.8 Å². The molecule has 0 aliphatic heterocycles. The van der Waals surface area contributed by atoms with Crippen LogP contribution >= 0.6 is 0 Å². The maximum atomic E-state index is 12.0. The van der Waals surface area contributed by atoms with E-state index in [9.17, 15) is 24.6 Å². The molecule has 1 amide bonds. The van der Waals surface area contributed by atoms with Crippen molar-refractivity contribution >= 4 is 17.8 Å². The van der Waals surface area contributed by atoms with E-state index >= 15 is 0 Å². The van der Waals surface area contributed by atoms with E-state index in [-0.39, 0.29) is 44.2 Å². The molecule has 9 heteroatoms. The van der Waals surface area contributed by atoms with Gasteiger partial charge in [0.25, 0.3) is 0 Å². The number of nitrogens with zero attached hydrogens (tertiary/aromatic N) is 1. The van der Waals surface area contributed by atoms with E-state index < -0.39 is 11.9 Å². The number of hydrogen-bond acceptors (Lipinski definition) is 5. The molecule has 0 radical (unpaired) electrons. The number of carboxylic acids is 2. The molecule has 0 saturated carbocycles. The molecular weight excluding hydrogens is 383 g/mol. The topological polar surface area (TPSA) is 127 Å². The standard InChI is InChI=1S/C21H38N2O6.Li/c1-2-3-4-5-10-19(25)22-13-16-23(17-18-24,14-8-6-11-20(26)27)15-9-7-12-21(28)29;/h2-3,24H,4-18H2,1H3,(H2-,22,25,26,27,28,29);/q;+1/b3-2+;. The fourth-order valence-electron chi connectivity index (χ4n) is 3.39. The van der Waals surface area contributed by atoms with Crippen LogP contribution in [-0.4, -0.2) is 71.9 Å². The van der Waals surface area contributed by atoms with Crippen molar-refractivity contribution < 1.29 is 53.0 Å². The summed E-state index contributed by atoms with van der Waals surface area (Å²) in [5, 5.41) is 31.9. The van der Waals surface area contributed by atoms with E-state index in [4.69, 9.17) is 5.11 Å². The minimum atomic E-state index is -1.07. The summed E-state index contributed by atoms with van der Waals surface area (Å²) < 4.78 is 0.544. The number of rotatable bonds is 19. The monoisotopic (exact) mass is 421 g/mol. The second-order valence-electron chi connectivity index (χ2n) is 7.45. The molecule has 0 aliphatic rings. The quantitative estimate of drug-likeness (QED) is 0.0944. The Kier molecular flexibility index (Phi) is 20.2. The minimum absolute atomic E-state index is 0. The molecule has 30 heavy (non-hydrogen) atoms. The van der Waals surface area contributed by atoms with E-state index in [1.807, 2.05) is 19.1 Å². The van der Waals surface area contributed by atoms with Crippen LogP contribution in [0.5, 0.6) is 0 Å². The van der Waals surface area contributed by atoms with Gasteiger partial charge < -0.3 is 29.9 Å². The molecule has 0 aromatic heterocycles. The van der Waals surface area contributed by atoms with Gasteiger partial charge >= 0.3 is 24.8 Å². The first-order chi connectivity index (χ1) is 13.8. The number of allylic oxidation sites excluding steroid dienone is 2. The second kappa shape index (κ2) is 19.6. The van der Waals surface area contributed by atoms with Gasteiger partial charge in [0.15, 0.2) is 0 Å². The van der Waals surface area contributed by atoms with Gasteiger partial charge in [-0.3, -0.25) is 9.59 Å².